The van der Waals surface area contributed by atoms with E-state index in [2.05, 4.69) is 180 Å². The number of para-hydroxylation sites is 6. The number of anilines is 6. The van der Waals surface area contributed by atoms with Crippen LogP contribution >= 0.6 is 0 Å². The highest BCUT2D eigenvalue weighted by molar-refractivity contribution is 5.95. The summed E-state index contributed by atoms with van der Waals surface area (Å²) in [5.41, 5.74) is 16.9. The summed E-state index contributed by atoms with van der Waals surface area (Å²) in [6.07, 6.45) is 8.80. The van der Waals surface area contributed by atoms with Gasteiger partial charge in [0.2, 0.25) is 0 Å². The summed E-state index contributed by atoms with van der Waals surface area (Å²) < 4.78 is 0. The molecule has 0 unspecified atom stereocenters. The molecule has 7 aromatic carbocycles. The molecule has 0 bridgehead atoms. The number of rotatable bonds is 4. The van der Waals surface area contributed by atoms with Gasteiger partial charge in [0.1, 0.15) is 0 Å². The molecule has 0 spiro atoms. The molecule has 0 amide bonds. The van der Waals surface area contributed by atoms with Crippen LogP contribution in [0.5, 0.6) is 0 Å². The zero-order chi connectivity index (χ0) is 34.4. The van der Waals surface area contributed by atoms with Crippen LogP contribution in [0.25, 0.3) is 57.9 Å². The fourth-order valence-electron chi connectivity index (χ4n) is 7.44. The van der Waals surface area contributed by atoms with E-state index < -0.39 is 0 Å². The van der Waals surface area contributed by atoms with E-state index in [1.807, 2.05) is 24.3 Å². The number of fused-ring (bicyclic) bond motifs is 5. The predicted molar refractivity (Wildman–Crippen MR) is 218 cm³/mol. The van der Waals surface area contributed by atoms with Crippen molar-refractivity contribution in [3.63, 3.8) is 0 Å². The second kappa shape index (κ2) is 12.4. The van der Waals surface area contributed by atoms with Gasteiger partial charge in [0.15, 0.2) is 0 Å². The molecule has 4 heteroatoms. The van der Waals surface area contributed by atoms with Gasteiger partial charge in [-0.2, -0.15) is 0 Å². The highest BCUT2D eigenvalue weighted by Crippen LogP contribution is 2.44. The third-order valence-electron chi connectivity index (χ3n) is 9.96. The minimum absolute atomic E-state index is 0.853. The number of hydrogen-bond donors (Lipinski definition) is 0. The molecule has 2 aliphatic heterocycles. The van der Waals surface area contributed by atoms with Gasteiger partial charge in [0.25, 0.3) is 0 Å². The van der Waals surface area contributed by atoms with Crippen LogP contribution in [-0.2, 0) is 0 Å². The van der Waals surface area contributed by atoms with E-state index >= 15 is 0 Å². The summed E-state index contributed by atoms with van der Waals surface area (Å²) in [7, 11) is 0. The summed E-state index contributed by atoms with van der Waals surface area (Å²) in [5, 5.41) is 0. The quantitative estimate of drug-likeness (QED) is 0.187. The molecule has 8 aromatic rings. The molecule has 0 saturated carbocycles. The van der Waals surface area contributed by atoms with Crippen molar-refractivity contribution in [3.05, 3.63) is 192 Å². The lowest BCUT2D eigenvalue weighted by Crippen LogP contribution is -2.11. The van der Waals surface area contributed by atoms with Crippen LogP contribution in [0.15, 0.2) is 170 Å². The zero-order valence-corrected chi connectivity index (χ0v) is 28.3. The SMILES string of the molecule is C1=Cc2ccccc2N(c2ccc(-c3nc4ccccc4nc3-c3ccc(N4c5ccccc5C=Cc5ccccc54)cc3)cc2)c2ccccc21. The minimum atomic E-state index is 0.853. The molecule has 52 heavy (non-hydrogen) atoms. The van der Waals surface area contributed by atoms with E-state index in [1.54, 1.807) is 0 Å². The van der Waals surface area contributed by atoms with Crippen LogP contribution in [0.4, 0.5) is 34.1 Å². The Kier molecular flexibility index (Phi) is 7.10. The molecule has 3 heterocycles. The van der Waals surface area contributed by atoms with Gasteiger partial charge in [-0.05, 0) is 82.9 Å². The molecular weight excluding hydrogens is 633 g/mol. The Morgan fingerprint density at radius 2 is 0.577 bits per heavy atom. The standard InChI is InChI=1S/C48H32N4/c1-7-17-43-33(11-1)21-22-34-12-2-8-18-44(34)51(43)39-29-25-37(26-30-39)47-48(50-42-16-6-5-15-41(42)49-47)38-27-31-40(32-28-38)52-45-19-9-3-13-35(45)23-24-36-14-4-10-20-46(36)52/h1-32H. The first-order chi connectivity index (χ1) is 25.8. The number of aromatic nitrogens is 2. The van der Waals surface area contributed by atoms with Crippen LogP contribution in [0.3, 0.4) is 0 Å². The summed E-state index contributed by atoms with van der Waals surface area (Å²) in [6, 6.07) is 59.8. The fourth-order valence-corrected chi connectivity index (χ4v) is 7.44. The number of hydrogen-bond acceptors (Lipinski definition) is 4. The molecule has 2 aliphatic rings. The van der Waals surface area contributed by atoms with Gasteiger partial charge in [-0.3, -0.25) is 0 Å². The highest BCUT2D eigenvalue weighted by atomic mass is 15.2. The molecule has 0 fully saturated rings. The molecule has 244 valence electrons. The maximum absolute atomic E-state index is 5.23. The Hall–Kier alpha value is -7.04. The molecule has 0 saturated heterocycles. The maximum Gasteiger partial charge on any atom is 0.0973 e. The van der Waals surface area contributed by atoms with Crippen LogP contribution in [-0.4, -0.2) is 9.97 Å². The van der Waals surface area contributed by atoms with Crippen molar-refractivity contribution in [1.82, 2.24) is 9.97 Å². The largest absolute Gasteiger partial charge is 0.309 e. The Morgan fingerprint density at radius 1 is 0.288 bits per heavy atom. The first-order valence-electron chi connectivity index (χ1n) is 17.6. The topological polar surface area (TPSA) is 32.3 Å². The van der Waals surface area contributed by atoms with Crippen LogP contribution in [0.1, 0.15) is 22.3 Å². The predicted octanol–water partition coefficient (Wildman–Crippen LogP) is 12.9. The van der Waals surface area contributed by atoms with Gasteiger partial charge in [-0.25, -0.2) is 9.97 Å². The second-order valence-corrected chi connectivity index (χ2v) is 13.1. The number of benzene rings is 7. The summed E-state index contributed by atoms with van der Waals surface area (Å²) in [6.45, 7) is 0. The van der Waals surface area contributed by atoms with Gasteiger partial charge in [0, 0.05) is 22.5 Å². The van der Waals surface area contributed by atoms with E-state index in [9.17, 15) is 0 Å². The smallest absolute Gasteiger partial charge is 0.0973 e. The lowest BCUT2D eigenvalue weighted by molar-refractivity contribution is 1.26. The van der Waals surface area contributed by atoms with E-state index in [1.165, 1.54) is 22.3 Å². The average molecular weight is 665 g/mol. The first kappa shape index (κ1) is 29.8. The normalized spacial score (nSPS) is 12.8. The molecule has 0 aliphatic carbocycles. The van der Waals surface area contributed by atoms with Gasteiger partial charge in [-0.15, -0.1) is 0 Å². The average Bonchev–Trinajstić information content (AvgIpc) is 3.49. The lowest BCUT2D eigenvalue weighted by atomic mass is 10.0. The molecule has 4 nitrogen and oxygen atoms in total. The molecular formula is C48H32N4. The van der Waals surface area contributed by atoms with Crippen molar-refractivity contribution in [3.8, 4) is 22.5 Å². The lowest BCUT2D eigenvalue weighted by Gasteiger charge is -2.27. The van der Waals surface area contributed by atoms with Crippen LogP contribution < -0.4 is 9.80 Å². The Bertz CT molecular complexity index is 2400. The van der Waals surface area contributed by atoms with Gasteiger partial charge in [-0.1, -0.05) is 133 Å². The third kappa shape index (κ3) is 5.09. The van der Waals surface area contributed by atoms with Crippen LogP contribution in [0.2, 0.25) is 0 Å². The summed E-state index contributed by atoms with van der Waals surface area (Å²) in [5.74, 6) is 0. The molecule has 0 atom stereocenters. The van der Waals surface area contributed by atoms with E-state index in [0.29, 0.717) is 0 Å². The van der Waals surface area contributed by atoms with E-state index in [0.717, 1.165) is 67.7 Å². The molecule has 1 aromatic heterocycles. The highest BCUT2D eigenvalue weighted by Gasteiger charge is 2.22. The van der Waals surface area contributed by atoms with Crippen molar-refractivity contribution in [2.45, 2.75) is 0 Å². The van der Waals surface area contributed by atoms with Crippen molar-refractivity contribution < 1.29 is 0 Å². The monoisotopic (exact) mass is 664 g/mol. The molecule has 0 N–H and O–H groups in total. The molecule has 0 radical (unpaired) electrons. The first-order valence-corrected chi connectivity index (χ1v) is 17.6. The third-order valence-corrected chi connectivity index (χ3v) is 9.96. The zero-order valence-electron chi connectivity index (χ0n) is 28.3. The Balaban J connectivity index is 1.07. The van der Waals surface area contributed by atoms with Gasteiger partial charge < -0.3 is 9.80 Å². The van der Waals surface area contributed by atoms with Crippen molar-refractivity contribution >= 4 is 69.5 Å². The summed E-state index contributed by atoms with van der Waals surface area (Å²) >= 11 is 0. The van der Waals surface area contributed by atoms with E-state index in [4.69, 9.17) is 9.97 Å². The molecule has 10 rings (SSSR count). The Labute approximate surface area is 302 Å². The number of nitrogens with zero attached hydrogens (tertiary/aromatic N) is 4. The fraction of sp³-hybridized carbons (Fsp3) is 0. The second-order valence-electron chi connectivity index (χ2n) is 13.1. The van der Waals surface area contributed by atoms with Gasteiger partial charge in [0.05, 0.1) is 45.2 Å². The van der Waals surface area contributed by atoms with E-state index in [-0.39, 0.29) is 0 Å². The Morgan fingerprint density at radius 3 is 0.904 bits per heavy atom. The maximum atomic E-state index is 5.23. The summed E-state index contributed by atoms with van der Waals surface area (Å²) in [4.78, 5) is 15.1. The van der Waals surface area contributed by atoms with Gasteiger partial charge >= 0.3 is 0 Å². The van der Waals surface area contributed by atoms with Crippen molar-refractivity contribution in [1.29, 1.82) is 0 Å². The van der Waals surface area contributed by atoms with Crippen molar-refractivity contribution in [2.24, 2.45) is 0 Å². The minimum Gasteiger partial charge on any atom is -0.309 e. The van der Waals surface area contributed by atoms with Crippen LogP contribution in [0, 0.1) is 0 Å². The van der Waals surface area contributed by atoms with Crippen molar-refractivity contribution in [2.75, 3.05) is 9.80 Å².